The summed E-state index contributed by atoms with van der Waals surface area (Å²) in [6.45, 7) is 2.49. The number of aromatic nitrogens is 1. The third kappa shape index (κ3) is 3.87. The molecule has 0 bridgehead atoms. The van der Waals surface area contributed by atoms with Crippen molar-refractivity contribution in [1.82, 2.24) is 4.98 Å². The quantitative estimate of drug-likeness (QED) is 0.748. The summed E-state index contributed by atoms with van der Waals surface area (Å²) < 4.78 is 40.2. The lowest BCUT2D eigenvalue weighted by Crippen LogP contribution is -2.46. The fourth-order valence-electron chi connectivity index (χ4n) is 2.81. The second-order valence-electron chi connectivity index (χ2n) is 5.65. The van der Waals surface area contributed by atoms with Gasteiger partial charge in [0.25, 0.3) is 0 Å². The molecule has 0 N–H and O–H groups in total. The van der Waals surface area contributed by atoms with Crippen LogP contribution in [0, 0.1) is 11.3 Å². The van der Waals surface area contributed by atoms with E-state index in [1.54, 1.807) is 18.3 Å². The summed E-state index contributed by atoms with van der Waals surface area (Å²) in [5.74, 6) is 0.846. The largest absolute Gasteiger partial charge is 0.417 e. The smallest absolute Gasteiger partial charge is 0.368 e. The van der Waals surface area contributed by atoms with Crippen LogP contribution in [0.25, 0.3) is 0 Å². The molecule has 0 spiro atoms. The first kappa shape index (κ1) is 17.5. The van der Waals surface area contributed by atoms with E-state index in [0.29, 0.717) is 31.9 Å². The fourth-order valence-corrected chi connectivity index (χ4v) is 3.04. The number of anilines is 2. The van der Waals surface area contributed by atoms with Gasteiger partial charge < -0.3 is 9.80 Å². The van der Waals surface area contributed by atoms with Gasteiger partial charge in [-0.25, -0.2) is 4.98 Å². The normalized spacial score (nSPS) is 15.2. The van der Waals surface area contributed by atoms with Crippen molar-refractivity contribution in [1.29, 1.82) is 5.26 Å². The Morgan fingerprint density at radius 2 is 1.72 bits per heavy atom. The van der Waals surface area contributed by atoms with E-state index in [9.17, 15) is 13.2 Å². The molecule has 0 atom stereocenters. The molecule has 1 aromatic carbocycles. The maximum absolute atomic E-state index is 13.1. The van der Waals surface area contributed by atoms with Crippen molar-refractivity contribution in [2.75, 3.05) is 36.0 Å². The topological polar surface area (TPSA) is 43.2 Å². The highest BCUT2D eigenvalue weighted by atomic mass is 79.9. The van der Waals surface area contributed by atoms with Crippen LogP contribution in [0.3, 0.4) is 0 Å². The summed E-state index contributed by atoms with van der Waals surface area (Å²) in [6, 6.07) is 9.29. The van der Waals surface area contributed by atoms with Gasteiger partial charge in [0.15, 0.2) is 0 Å². The molecule has 1 saturated heterocycles. The molecule has 1 aliphatic heterocycles. The Morgan fingerprint density at radius 1 is 1.04 bits per heavy atom. The lowest BCUT2D eigenvalue weighted by Gasteiger charge is -2.37. The molecular weight excluding hydrogens is 397 g/mol. The highest BCUT2D eigenvalue weighted by molar-refractivity contribution is 9.10. The second-order valence-corrected chi connectivity index (χ2v) is 6.56. The minimum Gasteiger partial charge on any atom is -0.368 e. The molecular formula is C17H14BrF3N4. The van der Waals surface area contributed by atoms with Crippen LogP contribution >= 0.6 is 15.9 Å². The Labute approximate surface area is 151 Å². The summed E-state index contributed by atoms with van der Waals surface area (Å²) in [4.78, 5) is 8.33. The van der Waals surface area contributed by atoms with Crippen LogP contribution in [-0.2, 0) is 6.18 Å². The first-order chi connectivity index (χ1) is 11.9. The molecule has 1 aliphatic rings. The van der Waals surface area contributed by atoms with Crippen molar-refractivity contribution in [3.63, 3.8) is 0 Å². The first-order valence-electron chi connectivity index (χ1n) is 7.61. The van der Waals surface area contributed by atoms with E-state index in [1.807, 2.05) is 17.0 Å². The lowest BCUT2D eigenvalue weighted by atomic mass is 10.1. The number of rotatable bonds is 2. The van der Waals surface area contributed by atoms with Crippen LogP contribution in [0.2, 0.25) is 0 Å². The molecule has 8 heteroatoms. The number of nitrogens with zero attached hydrogens (tertiary/aromatic N) is 4. The molecule has 0 aliphatic carbocycles. The van der Waals surface area contributed by atoms with E-state index >= 15 is 0 Å². The highest BCUT2D eigenvalue weighted by Gasteiger charge is 2.34. The summed E-state index contributed by atoms with van der Waals surface area (Å²) in [7, 11) is 0. The minimum atomic E-state index is -4.54. The maximum Gasteiger partial charge on any atom is 0.417 e. The third-order valence-corrected chi connectivity index (χ3v) is 4.58. The van der Waals surface area contributed by atoms with E-state index in [4.69, 9.17) is 5.26 Å². The Balaban J connectivity index is 1.75. The number of alkyl halides is 3. The van der Waals surface area contributed by atoms with Gasteiger partial charge >= 0.3 is 6.18 Å². The van der Waals surface area contributed by atoms with E-state index < -0.39 is 11.7 Å². The Hall–Kier alpha value is -2.27. The van der Waals surface area contributed by atoms with Gasteiger partial charge in [-0.05, 0) is 46.3 Å². The molecule has 1 aromatic heterocycles. The number of piperazine rings is 1. The van der Waals surface area contributed by atoms with Crippen LogP contribution in [0.1, 0.15) is 11.1 Å². The van der Waals surface area contributed by atoms with Gasteiger partial charge in [-0.15, -0.1) is 0 Å². The monoisotopic (exact) mass is 410 g/mol. The summed E-state index contributed by atoms with van der Waals surface area (Å²) >= 11 is 3.34. The van der Waals surface area contributed by atoms with Gasteiger partial charge in [0.05, 0.1) is 17.2 Å². The molecule has 3 rings (SSSR count). The Kier molecular flexibility index (Phi) is 4.86. The van der Waals surface area contributed by atoms with Gasteiger partial charge in [-0.2, -0.15) is 18.4 Å². The minimum absolute atomic E-state index is 0.353. The summed E-state index contributed by atoms with van der Waals surface area (Å²) in [5, 5.41) is 8.88. The van der Waals surface area contributed by atoms with E-state index in [-0.39, 0.29) is 5.56 Å². The van der Waals surface area contributed by atoms with Crippen molar-refractivity contribution in [2.45, 2.75) is 6.18 Å². The predicted molar refractivity (Wildman–Crippen MR) is 92.5 cm³/mol. The lowest BCUT2D eigenvalue weighted by molar-refractivity contribution is -0.137. The first-order valence-corrected chi connectivity index (χ1v) is 8.40. The molecule has 25 heavy (non-hydrogen) atoms. The number of halogens is 4. The number of hydrogen-bond donors (Lipinski definition) is 0. The number of hydrogen-bond acceptors (Lipinski definition) is 4. The highest BCUT2D eigenvalue weighted by Crippen LogP contribution is 2.34. The van der Waals surface area contributed by atoms with Crippen LogP contribution in [0.5, 0.6) is 0 Å². The van der Waals surface area contributed by atoms with Gasteiger partial charge in [0, 0.05) is 42.5 Å². The fraction of sp³-hybridized carbons (Fsp3) is 0.294. The Bertz CT molecular complexity index is 791. The SMILES string of the molecule is N#Cc1ccc(N2CCN(c3ccc(Br)cn3)CC2)cc1C(F)(F)F. The van der Waals surface area contributed by atoms with E-state index in [1.165, 1.54) is 6.07 Å². The molecule has 0 unspecified atom stereocenters. The molecule has 0 amide bonds. The van der Waals surface area contributed by atoms with Crippen LogP contribution < -0.4 is 9.80 Å². The van der Waals surface area contributed by atoms with E-state index in [0.717, 1.165) is 16.4 Å². The zero-order chi connectivity index (χ0) is 18.0. The standard InChI is InChI=1S/C17H14BrF3N4/c18-13-2-4-16(23-11-13)25-7-5-24(6-8-25)14-3-1-12(10-22)15(9-14)17(19,20)21/h1-4,9,11H,5-8H2. The molecule has 2 heterocycles. The summed E-state index contributed by atoms with van der Waals surface area (Å²) in [6.07, 6.45) is -2.82. The summed E-state index contributed by atoms with van der Waals surface area (Å²) in [5.41, 5.74) is -0.756. The average Bonchev–Trinajstić information content (AvgIpc) is 2.61. The van der Waals surface area contributed by atoms with Crippen LogP contribution in [-0.4, -0.2) is 31.2 Å². The third-order valence-electron chi connectivity index (χ3n) is 4.11. The predicted octanol–water partition coefficient (Wildman–Crippen LogP) is 4.06. The van der Waals surface area contributed by atoms with Crippen LogP contribution in [0.4, 0.5) is 24.7 Å². The van der Waals surface area contributed by atoms with Gasteiger partial charge in [0.1, 0.15) is 5.82 Å². The van der Waals surface area contributed by atoms with Crippen molar-refractivity contribution < 1.29 is 13.2 Å². The molecule has 2 aromatic rings. The zero-order valence-electron chi connectivity index (χ0n) is 13.1. The van der Waals surface area contributed by atoms with Crippen molar-refractivity contribution in [3.05, 3.63) is 52.1 Å². The number of benzene rings is 1. The van der Waals surface area contributed by atoms with Gasteiger partial charge in [-0.3, -0.25) is 0 Å². The van der Waals surface area contributed by atoms with Crippen molar-refractivity contribution in [2.24, 2.45) is 0 Å². The maximum atomic E-state index is 13.1. The molecule has 0 saturated carbocycles. The van der Waals surface area contributed by atoms with Gasteiger partial charge in [0.2, 0.25) is 0 Å². The van der Waals surface area contributed by atoms with Crippen LogP contribution in [0.15, 0.2) is 41.0 Å². The van der Waals surface area contributed by atoms with Crippen molar-refractivity contribution >= 4 is 27.4 Å². The number of pyridine rings is 1. The Morgan fingerprint density at radius 3 is 2.28 bits per heavy atom. The molecule has 130 valence electrons. The van der Waals surface area contributed by atoms with Gasteiger partial charge in [-0.1, -0.05) is 0 Å². The molecule has 4 nitrogen and oxygen atoms in total. The molecule has 0 radical (unpaired) electrons. The number of nitriles is 1. The molecule has 1 fully saturated rings. The zero-order valence-corrected chi connectivity index (χ0v) is 14.7. The van der Waals surface area contributed by atoms with Crippen molar-refractivity contribution in [3.8, 4) is 6.07 Å². The second kappa shape index (κ2) is 6.92. The average molecular weight is 411 g/mol. The van der Waals surface area contributed by atoms with E-state index in [2.05, 4.69) is 25.8 Å².